The molecule has 2 N–H and O–H groups in total. The van der Waals surface area contributed by atoms with Crippen LogP contribution in [0.3, 0.4) is 0 Å². The van der Waals surface area contributed by atoms with Crippen molar-refractivity contribution in [3.63, 3.8) is 0 Å². The molecular formula is C25H30N6O. The van der Waals surface area contributed by atoms with Gasteiger partial charge in [-0.1, -0.05) is 12.1 Å². The molecule has 0 aliphatic carbocycles. The maximum atomic E-state index is 13.1. The number of nitrogens with two attached hydrogens (primary N) is 1. The van der Waals surface area contributed by atoms with E-state index in [1.54, 1.807) is 12.4 Å². The molecule has 32 heavy (non-hydrogen) atoms. The highest BCUT2D eigenvalue weighted by Crippen LogP contribution is 2.29. The van der Waals surface area contributed by atoms with Gasteiger partial charge in [-0.2, -0.15) is 0 Å². The Bertz CT molecular complexity index is 989. The van der Waals surface area contributed by atoms with Crippen LogP contribution < -0.4 is 10.6 Å². The smallest absolute Gasteiger partial charge is 0.253 e. The molecule has 7 heteroatoms. The number of carbonyl (C=O) groups excluding carboxylic acids is 1. The van der Waals surface area contributed by atoms with Crippen LogP contribution in [0.4, 0.5) is 5.69 Å². The molecule has 7 nitrogen and oxygen atoms in total. The summed E-state index contributed by atoms with van der Waals surface area (Å²) in [5, 5.41) is 0. The lowest BCUT2D eigenvalue weighted by Gasteiger charge is -2.36. The van der Waals surface area contributed by atoms with Gasteiger partial charge < -0.3 is 20.4 Å². The second kappa shape index (κ2) is 9.12. The summed E-state index contributed by atoms with van der Waals surface area (Å²) in [6, 6.07) is 12.3. The molecule has 2 saturated heterocycles. The van der Waals surface area contributed by atoms with Crippen LogP contribution in [0.5, 0.6) is 0 Å². The minimum absolute atomic E-state index is 0.105. The Balaban J connectivity index is 1.26. The molecule has 1 unspecified atom stereocenters. The lowest BCUT2D eigenvalue weighted by molar-refractivity contribution is 0.0644. The summed E-state index contributed by atoms with van der Waals surface area (Å²) in [6.45, 7) is 4.13. The van der Waals surface area contributed by atoms with E-state index >= 15 is 0 Å². The van der Waals surface area contributed by atoms with Crippen LogP contribution in [-0.4, -0.2) is 59.1 Å². The summed E-state index contributed by atoms with van der Waals surface area (Å²) in [5.41, 5.74) is 8.67. The first-order valence-electron chi connectivity index (χ1n) is 11.5. The first-order chi connectivity index (χ1) is 15.7. The lowest BCUT2D eigenvalue weighted by atomic mass is 10.0. The molecule has 1 amide bonds. The topological polar surface area (TPSA) is 78.1 Å². The number of nitrogens with zero attached hydrogens (tertiary/aromatic N) is 5. The second-order valence-electron chi connectivity index (χ2n) is 8.78. The van der Waals surface area contributed by atoms with Gasteiger partial charge in [0, 0.05) is 43.3 Å². The molecule has 1 atom stereocenters. The van der Waals surface area contributed by atoms with E-state index in [4.69, 9.17) is 5.73 Å². The monoisotopic (exact) mass is 430 g/mol. The van der Waals surface area contributed by atoms with Gasteiger partial charge in [-0.3, -0.25) is 9.78 Å². The first kappa shape index (κ1) is 20.7. The van der Waals surface area contributed by atoms with E-state index in [9.17, 15) is 4.79 Å². The molecular weight excluding hydrogens is 400 g/mol. The zero-order valence-corrected chi connectivity index (χ0v) is 18.3. The number of hydrogen-bond acceptors (Lipinski definition) is 6. The zero-order valence-electron chi connectivity index (χ0n) is 18.3. The van der Waals surface area contributed by atoms with Gasteiger partial charge in [0.25, 0.3) is 5.91 Å². The van der Waals surface area contributed by atoms with Crippen molar-refractivity contribution in [2.75, 3.05) is 31.1 Å². The number of aliphatic imine (C=N–C) groups is 1. The van der Waals surface area contributed by atoms with Gasteiger partial charge in [-0.05, 0) is 68.6 Å². The highest BCUT2D eigenvalue weighted by molar-refractivity contribution is 5.94. The number of amides is 1. The van der Waals surface area contributed by atoms with Crippen molar-refractivity contribution < 1.29 is 4.79 Å². The first-order valence-corrected chi connectivity index (χ1v) is 11.5. The fourth-order valence-corrected chi connectivity index (χ4v) is 5.02. The number of aromatic nitrogens is 1. The Kier molecular flexibility index (Phi) is 5.90. The van der Waals surface area contributed by atoms with E-state index in [0.717, 1.165) is 42.7 Å². The Morgan fingerprint density at radius 2 is 1.75 bits per heavy atom. The summed E-state index contributed by atoms with van der Waals surface area (Å²) >= 11 is 0. The Labute approximate surface area is 189 Å². The molecule has 2 aromatic rings. The summed E-state index contributed by atoms with van der Waals surface area (Å²) in [6.07, 6.45) is 12.0. The summed E-state index contributed by atoms with van der Waals surface area (Å²) < 4.78 is 0. The second-order valence-corrected chi connectivity index (χ2v) is 8.78. The van der Waals surface area contributed by atoms with Crippen molar-refractivity contribution in [3.05, 3.63) is 71.9 Å². The maximum absolute atomic E-state index is 13.1. The van der Waals surface area contributed by atoms with Crippen molar-refractivity contribution in [1.82, 2.24) is 14.8 Å². The average Bonchev–Trinajstić information content (AvgIpc) is 3.39. The molecule has 2 fully saturated rings. The number of carbonyl (C=O) groups is 1. The van der Waals surface area contributed by atoms with Gasteiger partial charge in [-0.25, -0.2) is 4.99 Å². The van der Waals surface area contributed by atoms with Gasteiger partial charge in [0.1, 0.15) is 5.82 Å². The fourth-order valence-electron chi connectivity index (χ4n) is 5.02. The van der Waals surface area contributed by atoms with Gasteiger partial charge in [-0.15, -0.1) is 0 Å². The zero-order chi connectivity index (χ0) is 21.9. The molecule has 0 spiro atoms. The summed E-state index contributed by atoms with van der Waals surface area (Å²) in [7, 11) is 0. The molecule has 0 bridgehead atoms. The van der Waals surface area contributed by atoms with E-state index in [2.05, 4.69) is 19.8 Å². The molecule has 3 aliphatic rings. The van der Waals surface area contributed by atoms with Gasteiger partial charge >= 0.3 is 0 Å². The number of piperidine rings is 1. The maximum Gasteiger partial charge on any atom is 0.253 e. The van der Waals surface area contributed by atoms with Crippen LogP contribution in [0.15, 0.2) is 65.8 Å². The third-order valence-electron chi connectivity index (χ3n) is 6.79. The number of anilines is 1. The third-order valence-corrected chi connectivity index (χ3v) is 6.79. The highest BCUT2D eigenvalue weighted by atomic mass is 16.2. The highest BCUT2D eigenvalue weighted by Gasteiger charge is 2.29. The normalized spacial score (nSPS) is 22.2. The lowest BCUT2D eigenvalue weighted by Crippen LogP contribution is -2.45. The van der Waals surface area contributed by atoms with E-state index in [1.165, 1.54) is 25.9 Å². The SMILES string of the molecule is NC1=CN(c2cccnc2)C(c2ccc(C(=O)N3CCC(N4CCCC4)CC3)cc2)C=N1. The van der Waals surface area contributed by atoms with Crippen molar-refractivity contribution in [3.8, 4) is 0 Å². The van der Waals surface area contributed by atoms with Crippen molar-refractivity contribution >= 4 is 17.8 Å². The minimum Gasteiger partial charge on any atom is -0.382 e. The number of rotatable bonds is 4. The van der Waals surface area contributed by atoms with Crippen LogP contribution in [0.25, 0.3) is 0 Å². The van der Waals surface area contributed by atoms with Crippen molar-refractivity contribution in [1.29, 1.82) is 0 Å². The molecule has 3 aliphatic heterocycles. The molecule has 1 aromatic carbocycles. The quantitative estimate of drug-likeness (QED) is 0.806. The number of hydrogen-bond donors (Lipinski definition) is 1. The number of benzene rings is 1. The molecule has 1 aromatic heterocycles. The Morgan fingerprint density at radius 3 is 2.44 bits per heavy atom. The number of likely N-dealkylation sites (tertiary alicyclic amines) is 2. The predicted octanol–water partition coefficient (Wildman–Crippen LogP) is 3.17. The van der Waals surface area contributed by atoms with E-state index in [0.29, 0.717) is 11.9 Å². The van der Waals surface area contributed by atoms with Crippen LogP contribution in [0.1, 0.15) is 47.6 Å². The van der Waals surface area contributed by atoms with Crippen LogP contribution >= 0.6 is 0 Å². The Hall–Kier alpha value is -3.19. The molecule has 5 rings (SSSR count). The van der Waals surface area contributed by atoms with Crippen LogP contribution in [-0.2, 0) is 0 Å². The Morgan fingerprint density at radius 1 is 1.00 bits per heavy atom. The van der Waals surface area contributed by atoms with Crippen molar-refractivity contribution in [2.24, 2.45) is 10.7 Å². The van der Waals surface area contributed by atoms with Gasteiger partial charge in [0.15, 0.2) is 0 Å². The molecule has 0 saturated carbocycles. The van der Waals surface area contributed by atoms with Crippen LogP contribution in [0.2, 0.25) is 0 Å². The standard InChI is InChI=1S/C25H30N6O/c26-24-18-31(22-4-3-11-27-16-22)23(17-28-24)19-5-7-20(8-6-19)25(32)30-14-9-21(10-15-30)29-12-1-2-13-29/h3-8,11,16-18,21,23H,1-2,9-10,12-15,26H2. The van der Waals surface area contributed by atoms with Gasteiger partial charge in [0.2, 0.25) is 0 Å². The van der Waals surface area contributed by atoms with Crippen LogP contribution in [0, 0.1) is 0 Å². The fraction of sp³-hybridized carbons (Fsp3) is 0.400. The summed E-state index contributed by atoms with van der Waals surface area (Å²) in [5.74, 6) is 0.580. The summed E-state index contributed by atoms with van der Waals surface area (Å²) in [4.78, 5) is 28.3. The van der Waals surface area contributed by atoms with Crippen molar-refractivity contribution in [2.45, 2.75) is 37.8 Å². The largest absolute Gasteiger partial charge is 0.382 e. The third kappa shape index (κ3) is 4.25. The van der Waals surface area contributed by atoms with E-state index in [1.807, 2.05) is 53.7 Å². The molecule has 0 radical (unpaired) electrons. The van der Waals surface area contributed by atoms with E-state index in [-0.39, 0.29) is 11.9 Å². The van der Waals surface area contributed by atoms with E-state index < -0.39 is 0 Å². The predicted molar refractivity (Wildman–Crippen MR) is 126 cm³/mol. The number of pyridine rings is 1. The van der Waals surface area contributed by atoms with Gasteiger partial charge in [0.05, 0.1) is 17.9 Å². The minimum atomic E-state index is -0.105. The average molecular weight is 431 g/mol. The molecule has 166 valence electrons. The molecule has 4 heterocycles.